The predicted octanol–water partition coefficient (Wildman–Crippen LogP) is 3.00. The largest absolute Gasteiger partial charge is 0.493 e. The van der Waals surface area contributed by atoms with Crippen LogP contribution in [0.3, 0.4) is 0 Å². The molecule has 0 spiro atoms. The van der Waals surface area contributed by atoms with E-state index in [0.29, 0.717) is 37.1 Å². The highest BCUT2D eigenvalue weighted by Gasteiger charge is 2.09. The van der Waals surface area contributed by atoms with E-state index in [-0.39, 0.29) is 36.5 Å². The molecular formula is C22H31IN4O3. The number of amides is 1. The van der Waals surface area contributed by atoms with Crippen molar-refractivity contribution in [3.8, 4) is 11.5 Å². The summed E-state index contributed by atoms with van der Waals surface area (Å²) in [7, 11) is 3.32. The molecule has 0 bridgehead atoms. The summed E-state index contributed by atoms with van der Waals surface area (Å²) in [5.41, 5.74) is 3.47. The summed E-state index contributed by atoms with van der Waals surface area (Å²) < 4.78 is 10.9. The van der Waals surface area contributed by atoms with Gasteiger partial charge in [-0.1, -0.05) is 30.3 Å². The second-order valence-electron chi connectivity index (χ2n) is 6.43. The highest BCUT2D eigenvalue weighted by atomic mass is 127. The van der Waals surface area contributed by atoms with Gasteiger partial charge in [-0.2, -0.15) is 0 Å². The molecule has 30 heavy (non-hydrogen) atoms. The number of aliphatic imine (C=N–C) groups is 1. The number of benzene rings is 2. The van der Waals surface area contributed by atoms with Gasteiger partial charge >= 0.3 is 0 Å². The maximum Gasteiger partial charge on any atom is 0.257 e. The van der Waals surface area contributed by atoms with Crippen LogP contribution in [0.5, 0.6) is 11.5 Å². The first-order chi connectivity index (χ1) is 14.1. The van der Waals surface area contributed by atoms with Crippen molar-refractivity contribution in [1.29, 1.82) is 0 Å². The third-order valence-corrected chi connectivity index (χ3v) is 4.35. The first-order valence-corrected chi connectivity index (χ1v) is 9.62. The van der Waals surface area contributed by atoms with Crippen LogP contribution in [0.2, 0.25) is 0 Å². The van der Waals surface area contributed by atoms with Gasteiger partial charge in [0.15, 0.2) is 24.1 Å². The van der Waals surface area contributed by atoms with E-state index in [1.54, 1.807) is 20.2 Å². The standard InChI is InChI=1S/C22H30N4O3.HI/c1-5-24-21(27)15-29-19-11-10-17(12-20(19)28-4)13-25-22(23-3)26-14-18-9-7-6-8-16(18)2;/h6-12H,5,13-15H2,1-4H3,(H,24,27)(H2,23,25,26);1H. The first-order valence-electron chi connectivity index (χ1n) is 9.62. The number of nitrogens with zero attached hydrogens (tertiary/aromatic N) is 1. The summed E-state index contributed by atoms with van der Waals surface area (Å²) in [4.78, 5) is 15.8. The van der Waals surface area contributed by atoms with Crippen molar-refractivity contribution in [3.63, 3.8) is 0 Å². The summed E-state index contributed by atoms with van der Waals surface area (Å²) in [6.07, 6.45) is 0. The smallest absolute Gasteiger partial charge is 0.257 e. The van der Waals surface area contributed by atoms with Crippen molar-refractivity contribution in [3.05, 3.63) is 59.2 Å². The van der Waals surface area contributed by atoms with Crippen LogP contribution in [0, 0.1) is 6.92 Å². The average Bonchev–Trinajstić information content (AvgIpc) is 2.74. The van der Waals surface area contributed by atoms with E-state index in [2.05, 4.69) is 40.0 Å². The normalized spacial score (nSPS) is 10.6. The Morgan fingerprint density at radius 2 is 1.77 bits per heavy atom. The molecule has 7 nitrogen and oxygen atoms in total. The molecule has 2 aromatic rings. The monoisotopic (exact) mass is 526 g/mol. The molecule has 0 aliphatic heterocycles. The zero-order chi connectivity index (χ0) is 21.1. The van der Waals surface area contributed by atoms with Gasteiger partial charge in [-0.15, -0.1) is 24.0 Å². The van der Waals surface area contributed by atoms with E-state index >= 15 is 0 Å². The van der Waals surface area contributed by atoms with E-state index in [1.165, 1.54) is 11.1 Å². The number of likely N-dealkylation sites (N-methyl/N-ethyl adjacent to an activating group) is 1. The topological polar surface area (TPSA) is 84.0 Å². The molecule has 2 aromatic carbocycles. The number of hydrogen-bond donors (Lipinski definition) is 3. The lowest BCUT2D eigenvalue weighted by atomic mass is 10.1. The van der Waals surface area contributed by atoms with Gasteiger partial charge in [-0.25, -0.2) is 0 Å². The van der Waals surface area contributed by atoms with Gasteiger partial charge in [0.05, 0.1) is 7.11 Å². The van der Waals surface area contributed by atoms with Crippen LogP contribution < -0.4 is 25.4 Å². The molecule has 0 saturated heterocycles. The molecule has 3 N–H and O–H groups in total. The molecule has 0 aliphatic carbocycles. The lowest BCUT2D eigenvalue weighted by Crippen LogP contribution is -2.36. The molecular weight excluding hydrogens is 495 g/mol. The summed E-state index contributed by atoms with van der Waals surface area (Å²) in [5.74, 6) is 1.66. The van der Waals surface area contributed by atoms with Crippen LogP contribution in [-0.2, 0) is 17.9 Å². The maximum atomic E-state index is 11.6. The predicted molar refractivity (Wildman–Crippen MR) is 131 cm³/mol. The Morgan fingerprint density at radius 1 is 1.03 bits per heavy atom. The van der Waals surface area contributed by atoms with E-state index < -0.39 is 0 Å². The Hall–Kier alpha value is -2.49. The van der Waals surface area contributed by atoms with Gasteiger partial charge in [0.2, 0.25) is 0 Å². The fourth-order valence-electron chi connectivity index (χ4n) is 2.73. The Balaban J connectivity index is 0.00000450. The van der Waals surface area contributed by atoms with E-state index in [4.69, 9.17) is 9.47 Å². The molecule has 0 saturated carbocycles. The number of hydrogen-bond acceptors (Lipinski definition) is 4. The minimum atomic E-state index is -0.163. The van der Waals surface area contributed by atoms with E-state index in [1.807, 2.05) is 31.2 Å². The van der Waals surface area contributed by atoms with Gasteiger partial charge in [-0.3, -0.25) is 9.79 Å². The molecule has 0 heterocycles. The molecule has 2 rings (SSSR count). The number of rotatable bonds is 9. The fraction of sp³-hybridized carbons (Fsp3) is 0.364. The summed E-state index contributed by atoms with van der Waals surface area (Å²) in [5, 5.41) is 9.31. The zero-order valence-corrected chi connectivity index (χ0v) is 20.3. The Kier molecular flexibility index (Phi) is 11.7. The third-order valence-electron chi connectivity index (χ3n) is 4.35. The van der Waals surface area contributed by atoms with Gasteiger partial charge in [-0.05, 0) is 42.7 Å². The number of aryl methyl sites for hydroxylation is 1. The summed E-state index contributed by atoms with van der Waals surface area (Å²) >= 11 is 0. The van der Waals surface area contributed by atoms with Gasteiger partial charge < -0.3 is 25.4 Å². The second kappa shape index (κ2) is 13.7. The molecule has 0 atom stereocenters. The van der Waals surface area contributed by atoms with Crippen molar-refractivity contribution in [2.24, 2.45) is 4.99 Å². The third kappa shape index (κ3) is 8.10. The first kappa shape index (κ1) is 25.5. The minimum absolute atomic E-state index is 0. The van der Waals surface area contributed by atoms with Crippen molar-refractivity contribution >= 4 is 35.8 Å². The molecule has 0 unspecified atom stereocenters. The number of nitrogens with one attached hydrogen (secondary N) is 3. The molecule has 0 aromatic heterocycles. The Bertz CT molecular complexity index is 843. The highest BCUT2D eigenvalue weighted by Crippen LogP contribution is 2.28. The maximum absolute atomic E-state index is 11.6. The van der Waals surface area contributed by atoms with Crippen LogP contribution in [-0.4, -0.2) is 39.2 Å². The average molecular weight is 526 g/mol. The minimum Gasteiger partial charge on any atom is -0.493 e. The molecule has 0 aliphatic rings. The SMILES string of the molecule is CCNC(=O)COc1ccc(CNC(=NC)NCc2ccccc2C)cc1OC.I. The number of ether oxygens (including phenoxy) is 2. The van der Waals surface area contributed by atoms with E-state index in [9.17, 15) is 4.79 Å². The quantitative estimate of drug-likeness (QED) is 0.266. The molecule has 1 amide bonds. The van der Waals surface area contributed by atoms with Gasteiger partial charge in [0, 0.05) is 26.7 Å². The number of guanidine groups is 1. The van der Waals surface area contributed by atoms with Crippen molar-refractivity contribution in [1.82, 2.24) is 16.0 Å². The second-order valence-corrected chi connectivity index (χ2v) is 6.43. The Labute approximate surface area is 195 Å². The molecule has 164 valence electrons. The lowest BCUT2D eigenvalue weighted by molar-refractivity contribution is -0.123. The summed E-state index contributed by atoms with van der Waals surface area (Å²) in [6.45, 7) is 5.75. The van der Waals surface area contributed by atoms with Crippen molar-refractivity contribution in [2.75, 3.05) is 27.3 Å². The zero-order valence-electron chi connectivity index (χ0n) is 18.0. The highest BCUT2D eigenvalue weighted by molar-refractivity contribution is 14.0. The number of halogens is 1. The van der Waals surface area contributed by atoms with Crippen LogP contribution in [0.1, 0.15) is 23.6 Å². The van der Waals surface area contributed by atoms with Crippen molar-refractivity contribution < 1.29 is 14.3 Å². The van der Waals surface area contributed by atoms with Crippen molar-refractivity contribution in [2.45, 2.75) is 26.9 Å². The Morgan fingerprint density at radius 3 is 2.43 bits per heavy atom. The number of carbonyl (C=O) groups is 1. The fourth-order valence-corrected chi connectivity index (χ4v) is 2.73. The lowest BCUT2D eigenvalue weighted by Gasteiger charge is -2.15. The molecule has 0 fully saturated rings. The molecule has 8 heteroatoms. The summed E-state index contributed by atoms with van der Waals surface area (Å²) in [6, 6.07) is 13.9. The number of carbonyl (C=O) groups excluding carboxylic acids is 1. The van der Waals surface area contributed by atoms with Gasteiger partial charge in [0.1, 0.15) is 0 Å². The van der Waals surface area contributed by atoms with Crippen LogP contribution in [0.4, 0.5) is 0 Å². The van der Waals surface area contributed by atoms with Crippen LogP contribution in [0.15, 0.2) is 47.5 Å². The molecule has 0 radical (unpaired) electrons. The van der Waals surface area contributed by atoms with Crippen LogP contribution in [0.25, 0.3) is 0 Å². The van der Waals surface area contributed by atoms with Gasteiger partial charge in [0.25, 0.3) is 5.91 Å². The van der Waals surface area contributed by atoms with E-state index in [0.717, 1.165) is 5.56 Å². The number of methoxy groups -OCH3 is 1. The van der Waals surface area contributed by atoms with Crippen LogP contribution >= 0.6 is 24.0 Å².